The van der Waals surface area contributed by atoms with Gasteiger partial charge in [-0.05, 0) is 43.0 Å². The van der Waals surface area contributed by atoms with E-state index >= 15 is 0 Å². The predicted octanol–water partition coefficient (Wildman–Crippen LogP) is 4.52. The van der Waals surface area contributed by atoms with Crippen LogP contribution in [0.2, 0.25) is 0 Å². The summed E-state index contributed by atoms with van der Waals surface area (Å²) in [6, 6.07) is 15.3. The normalized spacial score (nSPS) is 12.3. The van der Waals surface area contributed by atoms with Gasteiger partial charge in [-0.25, -0.2) is 4.98 Å². The van der Waals surface area contributed by atoms with Gasteiger partial charge >= 0.3 is 0 Å². The van der Waals surface area contributed by atoms with Crippen molar-refractivity contribution in [3.8, 4) is 5.69 Å². The van der Waals surface area contributed by atoms with Crippen molar-refractivity contribution < 1.29 is 4.79 Å². The number of benzene rings is 2. The second-order valence-corrected chi connectivity index (χ2v) is 8.37. The molecule has 5 nitrogen and oxygen atoms in total. The van der Waals surface area contributed by atoms with E-state index in [-0.39, 0.29) is 29.2 Å². The molecule has 0 aliphatic heterocycles. The zero-order valence-electron chi connectivity index (χ0n) is 17.3. The van der Waals surface area contributed by atoms with E-state index in [1.54, 1.807) is 10.6 Å². The molecule has 6 heteroatoms. The molecule has 2 aromatic carbocycles. The van der Waals surface area contributed by atoms with Gasteiger partial charge < -0.3 is 5.32 Å². The molecule has 0 aliphatic rings. The molecule has 0 fully saturated rings. The molecule has 0 unspecified atom stereocenters. The summed E-state index contributed by atoms with van der Waals surface area (Å²) >= 11 is 1.29. The van der Waals surface area contributed by atoms with Crippen LogP contribution in [0.3, 0.4) is 0 Å². The Morgan fingerprint density at radius 1 is 1.10 bits per heavy atom. The second kappa shape index (κ2) is 9.27. The lowest BCUT2D eigenvalue weighted by Crippen LogP contribution is -2.33. The molecular formula is C23H27N3O2S. The SMILES string of the molecule is CC[C@@H](C)NC(=O)CSc1nc2ccccc2c(=O)n1-c1ccccc1C(C)C. The fourth-order valence-electron chi connectivity index (χ4n) is 3.15. The Kier molecular flexibility index (Phi) is 6.75. The number of hydrogen-bond acceptors (Lipinski definition) is 4. The minimum Gasteiger partial charge on any atom is -0.353 e. The minimum atomic E-state index is -0.117. The maximum atomic E-state index is 13.4. The number of nitrogens with zero attached hydrogens (tertiary/aromatic N) is 2. The van der Waals surface area contributed by atoms with Gasteiger partial charge in [0.1, 0.15) is 0 Å². The molecule has 0 saturated carbocycles. The van der Waals surface area contributed by atoms with Crippen molar-refractivity contribution in [3.63, 3.8) is 0 Å². The topological polar surface area (TPSA) is 64.0 Å². The molecule has 152 valence electrons. The van der Waals surface area contributed by atoms with Crippen LogP contribution in [0.4, 0.5) is 0 Å². The maximum absolute atomic E-state index is 13.4. The maximum Gasteiger partial charge on any atom is 0.266 e. The van der Waals surface area contributed by atoms with Gasteiger partial charge in [-0.2, -0.15) is 0 Å². The van der Waals surface area contributed by atoms with Crippen LogP contribution in [0.25, 0.3) is 16.6 Å². The molecule has 1 amide bonds. The summed E-state index contributed by atoms with van der Waals surface area (Å²) < 4.78 is 1.65. The van der Waals surface area contributed by atoms with Crippen molar-refractivity contribution in [3.05, 3.63) is 64.4 Å². The number of aromatic nitrogens is 2. The highest BCUT2D eigenvalue weighted by Gasteiger charge is 2.18. The molecule has 0 spiro atoms. The molecule has 3 aromatic rings. The number of fused-ring (bicyclic) bond motifs is 1. The zero-order chi connectivity index (χ0) is 21.0. The average molecular weight is 410 g/mol. The van der Waals surface area contributed by atoms with Crippen molar-refractivity contribution in [2.45, 2.75) is 51.2 Å². The summed E-state index contributed by atoms with van der Waals surface area (Å²) in [7, 11) is 0. The molecule has 0 aliphatic carbocycles. The van der Waals surface area contributed by atoms with E-state index in [0.29, 0.717) is 16.1 Å². The van der Waals surface area contributed by atoms with E-state index < -0.39 is 0 Å². The molecule has 29 heavy (non-hydrogen) atoms. The van der Waals surface area contributed by atoms with Gasteiger partial charge in [0.25, 0.3) is 5.56 Å². The van der Waals surface area contributed by atoms with Gasteiger partial charge in [0, 0.05) is 6.04 Å². The Morgan fingerprint density at radius 2 is 1.79 bits per heavy atom. The summed E-state index contributed by atoms with van der Waals surface area (Å²) in [4.78, 5) is 30.4. The lowest BCUT2D eigenvalue weighted by atomic mass is 10.0. The van der Waals surface area contributed by atoms with Crippen molar-refractivity contribution in [2.75, 3.05) is 5.75 Å². The fourth-order valence-corrected chi connectivity index (χ4v) is 3.97. The Morgan fingerprint density at radius 3 is 2.52 bits per heavy atom. The van der Waals surface area contributed by atoms with Crippen LogP contribution < -0.4 is 10.9 Å². The van der Waals surface area contributed by atoms with Gasteiger partial charge in [0.05, 0.1) is 22.3 Å². The van der Waals surface area contributed by atoms with E-state index in [1.165, 1.54) is 11.8 Å². The largest absolute Gasteiger partial charge is 0.353 e. The van der Waals surface area contributed by atoms with Crippen molar-refractivity contribution in [1.29, 1.82) is 0 Å². The van der Waals surface area contributed by atoms with Crippen molar-refractivity contribution >= 4 is 28.6 Å². The zero-order valence-corrected chi connectivity index (χ0v) is 18.1. The molecule has 1 atom stereocenters. The number of hydrogen-bond donors (Lipinski definition) is 1. The van der Waals surface area contributed by atoms with Crippen LogP contribution in [-0.4, -0.2) is 27.3 Å². The van der Waals surface area contributed by atoms with Gasteiger partial charge in [0.15, 0.2) is 5.16 Å². The van der Waals surface area contributed by atoms with Crippen LogP contribution in [0.5, 0.6) is 0 Å². The first-order chi connectivity index (χ1) is 13.9. The average Bonchev–Trinajstić information content (AvgIpc) is 2.72. The number of rotatable bonds is 7. The quantitative estimate of drug-likeness (QED) is 0.460. The highest BCUT2D eigenvalue weighted by molar-refractivity contribution is 7.99. The standard InChI is InChI=1S/C23H27N3O2S/c1-5-16(4)24-21(27)14-29-23-25-19-12-8-6-11-18(19)22(28)26(23)20-13-9-7-10-17(20)15(2)3/h6-13,15-16H,5,14H2,1-4H3,(H,24,27)/t16-/m1/s1. The van der Waals surface area contributed by atoms with Crippen LogP contribution >= 0.6 is 11.8 Å². The summed E-state index contributed by atoms with van der Waals surface area (Å²) in [6.45, 7) is 8.21. The number of carbonyl (C=O) groups excluding carboxylic acids is 1. The number of nitrogens with one attached hydrogen (secondary N) is 1. The molecule has 0 radical (unpaired) electrons. The first kappa shape index (κ1) is 21.1. The van der Waals surface area contributed by atoms with Crippen molar-refractivity contribution in [2.24, 2.45) is 0 Å². The molecular weight excluding hydrogens is 382 g/mol. The van der Waals surface area contributed by atoms with Crippen LogP contribution in [-0.2, 0) is 4.79 Å². The first-order valence-corrected chi connectivity index (χ1v) is 10.9. The van der Waals surface area contributed by atoms with E-state index in [1.807, 2.05) is 56.3 Å². The van der Waals surface area contributed by atoms with Crippen molar-refractivity contribution in [1.82, 2.24) is 14.9 Å². The molecule has 1 heterocycles. The van der Waals surface area contributed by atoms with Gasteiger partial charge in [-0.15, -0.1) is 0 Å². The summed E-state index contributed by atoms with van der Waals surface area (Å²) in [5.74, 6) is 0.394. The third-order valence-electron chi connectivity index (χ3n) is 4.90. The summed E-state index contributed by atoms with van der Waals surface area (Å²) in [5, 5.41) is 4.06. The molecule has 3 rings (SSSR count). The van der Waals surface area contributed by atoms with E-state index in [9.17, 15) is 9.59 Å². The highest BCUT2D eigenvalue weighted by Crippen LogP contribution is 2.27. The van der Waals surface area contributed by atoms with E-state index in [2.05, 4.69) is 19.2 Å². The Balaban J connectivity index is 2.10. The monoisotopic (exact) mass is 409 g/mol. The van der Waals surface area contributed by atoms with Crippen LogP contribution in [0.15, 0.2) is 58.5 Å². The summed E-state index contributed by atoms with van der Waals surface area (Å²) in [6.07, 6.45) is 0.872. The van der Waals surface area contributed by atoms with E-state index in [4.69, 9.17) is 4.98 Å². The van der Waals surface area contributed by atoms with Gasteiger partial charge in [-0.1, -0.05) is 62.9 Å². The number of thioether (sulfide) groups is 1. The van der Waals surface area contributed by atoms with E-state index in [0.717, 1.165) is 17.7 Å². The van der Waals surface area contributed by atoms with Gasteiger partial charge in [0.2, 0.25) is 5.91 Å². The third-order valence-corrected chi connectivity index (χ3v) is 5.84. The van der Waals surface area contributed by atoms with Crippen LogP contribution in [0, 0.1) is 0 Å². The number of carbonyl (C=O) groups is 1. The molecule has 0 saturated heterocycles. The van der Waals surface area contributed by atoms with Gasteiger partial charge in [-0.3, -0.25) is 14.2 Å². The lowest BCUT2D eigenvalue weighted by Gasteiger charge is -2.18. The smallest absolute Gasteiger partial charge is 0.266 e. The number of amides is 1. The minimum absolute atomic E-state index is 0.0598. The number of para-hydroxylation sites is 2. The Labute approximate surface area is 175 Å². The lowest BCUT2D eigenvalue weighted by molar-refractivity contribution is -0.119. The molecule has 0 bridgehead atoms. The third kappa shape index (κ3) is 4.70. The molecule has 1 aromatic heterocycles. The predicted molar refractivity (Wildman–Crippen MR) is 120 cm³/mol. The van der Waals surface area contributed by atoms with Crippen LogP contribution in [0.1, 0.15) is 45.6 Å². The first-order valence-electron chi connectivity index (χ1n) is 9.95. The molecule has 1 N–H and O–H groups in total. The fraction of sp³-hybridized carbons (Fsp3) is 0.348. The highest BCUT2D eigenvalue weighted by atomic mass is 32.2. The second-order valence-electron chi connectivity index (χ2n) is 7.43. The Bertz CT molecular complexity index is 1080. The summed E-state index contributed by atoms with van der Waals surface area (Å²) in [5.41, 5.74) is 2.40. The Hall–Kier alpha value is -2.60.